The van der Waals surface area contributed by atoms with Crippen molar-refractivity contribution in [1.82, 2.24) is 19.0 Å². The van der Waals surface area contributed by atoms with Gasteiger partial charge in [-0.15, -0.1) is 0 Å². The Morgan fingerprint density at radius 1 is 1.09 bits per heavy atom. The first-order chi connectivity index (χ1) is 16.7. The van der Waals surface area contributed by atoms with Crippen LogP contribution in [0.4, 0.5) is 5.69 Å². The number of nitro benzene ring substituents is 1. The number of nitrogens with zero attached hydrogens (tertiary/aromatic N) is 5. The summed E-state index contributed by atoms with van der Waals surface area (Å²) in [7, 11) is -3.65. The lowest BCUT2D eigenvalue weighted by Gasteiger charge is -2.33. The maximum atomic E-state index is 13.1. The molecule has 4 rings (SSSR count). The minimum Gasteiger partial charge on any atom is -0.335 e. The highest BCUT2D eigenvalue weighted by Crippen LogP contribution is 2.23. The third-order valence-corrected chi connectivity index (χ3v) is 8.25. The zero-order valence-electron chi connectivity index (χ0n) is 19.6. The van der Waals surface area contributed by atoms with Gasteiger partial charge in [0.25, 0.3) is 11.6 Å². The van der Waals surface area contributed by atoms with Gasteiger partial charge in [-0.1, -0.05) is 32.0 Å². The fourth-order valence-corrected chi connectivity index (χ4v) is 5.40. The molecule has 10 nitrogen and oxygen atoms in total. The third-order valence-electron chi connectivity index (χ3n) is 6.34. The van der Waals surface area contributed by atoms with Gasteiger partial charge in [0.1, 0.15) is 0 Å². The highest BCUT2D eigenvalue weighted by molar-refractivity contribution is 7.89. The molecule has 35 heavy (non-hydrogen) atoms. The van der Waals surface area contributed by atoms with Gasteiger partial charge in [0.05, 0.1) is 15.5 Å². The quantitative estimate of drug-likeness (QED) is 0.364. The number of rotatable bonds is 7. The Labute approximate surface area is 204 Å². The third kappa shape index (κ3) is 5.10. The van der Waals surface area contributed by atoms with Crippen LogP contribution in [0.1, 0.15) is 42.2 Å². The lowest BCUT2D eigenvalue weighted by atomic mass is 9.99. The summed E-state index contributed by atoms with van der Waals surface area (Å²) in [4.78, 5) is 25.3. The van der Waals surface area contributed by atoms with E-state index in [2.05, 4.69) is 18.9 Å². The molecule has 0 N–H and O–H groups in total. The van der Waals surface area contributed by atoms with Crippen LogP contribution in [0.2, 0.25) is 0 Å². The molecule has 3 aromatic rings. The van der Waals surface area contributed by atoms with Crippen molar-refractivity contribution in [2.24, 2.45) is 0 Å². The van der Waals surface area contributed by atoms with Gasteiger partial charge in [0, 0.05) is 44.5 Å². The Balaban J connectivity index is 1.41. The molecule has 184 valence electrons. The summed E-state index contributed by atoms with van der Waals surface area (Å²) < 4.78 is 29.0. The molecule has 2 aromatic carbocycles. The van der Waals surface area contributed by atoms with E-state index < -0.39 is 14.9 Å². The molecule has 11 heteroatoms. The minimum atomic E-state index is -3.65. The van der Waals surface area contributed by atoms with E-state index in [-0.39, 0.29) is 48.4 Å². The lowest BCUT2D eigenvalue weighted by molar-refractivity contribution is -0.384. The molecule has 1 atom stereocenters. The number of hydrogen-bond donors (Lipinski definition) is 0. The lowest BCUT2D eigenvalue weighted by Crippen LogP contribution is -2.50. The second-order valence-electron chi connectivity index (χ2n) is 8.50. The Kier molecular flexibility index (Phi) is 6.99. The fourth-order valence-electron chi connectivity index (χ4n) is 3.98. The summed E-state index contributed by atoms with van der Waals surface area (Å²) in [5, 5.41) is 15.3. The molecule has 0 spiro atoms. The van der Waals surface area contributed by atoms with Gasteiger partial charge >= 0.3 is 0 Å². The van der Waals surface area contributed by atoms with Gasteiger partial charge in [-0.25, -0.2) is 13.1 Å². The van der Waals surface area contributed by atoms with Crippen molar-refractivity contribution < 1.29 is 18.1 Å². The van der Waals surface area contributed by atoms with Crippen LogP contribution in [-0.4, -0.2) is 64.4 Å². The molecule has 1 fully saturated rings. The number of aromatic nitrogens is 2. The van der Waals surface area contributed by atoms with E-state index in [9.17, 15) is 23.3 Å². The van der Waals surface area contributed by atoms with E-state index in [1.165, 1.54) is 21.1 Å². The van der Waals surface area contributed by atoms with Crippen LogP contribution in [0.3, 0.4) is 0 Å². The molecule has 0 bridgehead atoms. The first kappa shape index (κ1) is 24.6. The fraction of sp³-hybridized carbons (Fsp3) is 0.333. The van der Waals surface area contributed by atoms with Crippen LogP contribution < -0.4 is 0 Å². The number of sulfonamides is 1. The van der Waals surface area contributed by atoms with E-state index in [0.29, 0.717) is 11.6 Å². The zero-order valence-corrected chi connectivity index (χ0v) is 20.4. The van der Waals surface area contributed by atoms with Crippen LogP contribution in [-0.2, 0) is 10.0 Å². The first-order valence-electron chi connectivity index (χ1n) is 11.4. The van der Waals surface area contributed by atoms with E-state index in [0.717, 1.165) is 12.0 Å². The van der Waals surface area contributed by atoms with Gasteiger partial charge < -0.3 is 4.90 Å². The summed E-state index contributed by atoms with van der Waals surface area (Å²) in [6, 6.07) is 14.5. The Morgan fingerprint density at radius 2 is 1.77 bits per heavy atom. The predicted octanol–water partition coefficient (Wildman–Crippen LogP) is 3.44. The molecular weight excluding hydrogens is 470 g/mol. The van der Waals surface area contributed by atoms with Crippen molar-refractivity contribution in [3.05, 3.63) is 82.2 Å². The highest BCUT2D eigenvalue weighted by atomic mass is 32.2. The summed E-state index contributed by atoms with van der Waals surface area (Å²) >= 11 is 0. The van der Waals surface area contributed by atoms with E-state index >= 15 is 0 Å². The molecule has 1 amide bonds. The average molecular weight is 498 g/mol. The number of nitro groups is 1. The minimum absolute atomic E-state index is 0.0716. The number of amides is 1. The summed E-state index contributed by atoms with van der Waals surface area (Å²) in [5.41, 5.74) is 1.69. The monoisotopic (exact) mass is 497 g/mol. The molecular formula is C24H27N5O5S. The zero-order chi connectivity index (χ0) is 25.2. The summed E-state index contributed by atoms with van der Waals surface area (Å²) in [6.07, 6.45) is 2.54. The first-order valence-corrected chi connectivity index (χ1v) is 12.8. The number of non-ortho nitro benzene ring substituents is 1. The molecule has 1 aromatic heterocycles. The van der Waals surface area contributed by atoms with Crippen molar-refractivity contribution in [2.75, 3.05) is 26.2 Å². The van der Waals surface area contributed by atoms with Gasteiger partial charge in [0.2, 0.25) is 10.0 Å². The molecule has 0 aliphatic carbocycles. The number of carbonyl (C=O) groups is 1. The predicted molar refractivity (Wildman–Crippen MR) is 130 cm³/mol. The van der Waals surface area contributed by atoms with Crippen LogP contribution in [0.25, 0.3) is 5.69 Å². The molecule has 0 saturated carbocycles. The van der Waals surface area contributed by atoms with Crippen LogP contribution >= 0.6 is 0 Å². The van der Waals surface area contributed by atoms with Gasteiger partial charge in [-0.05, 0) is 42.2 Å². The summed E-state index contributed by atoms with van der Waals surface area (Å²) in [6.45, 7) is 5.06. The van der Waals surface area contributed by atoms with E-state index in [1.54, 1.807) is 41.4 Å². The maximum absolute atomic E-state index is 13.1. The van der Waals surface area contributed by atoms with E-state index in [4.69, 9.17) is 0 Å². The van der Waals surface area contributed by atoms with Gasteiger partial charge in [0.15, 0.2) is 5.69 Å². The Hall–Kier alpha value is -3.57. The molecule has 2 heterocycles. The highest BCUT2D eigenvalue weighted by Gasteiger charge is 2.31. The van der Waals surface area contributed by atoms with Crippen molar-refractivity contribution in [1.29, 1.82) is 0 Å². The topological polar surface area (TPSA) is 119 Å². The number of benzene rings is 2. The van der Waals surface area contributed by atoms with Crippen LogP contribution in [0.5, 0.6) is 0 Å². The SMILES string of the molecule is CCC(C)c1ccc(S(=O)(=O)N2CCN(C(=O)c3ccn(-c4cccc([N+](=O)[O-])c4)n3)CC2)cc1. The van der Waals surface area contributed by atoms with Crippen molar-refractivity contribution in [3.63, 3.8) is 0 Å². The van der Waals surface area contributed by atoms with Crippen molar-refractivity contribution in [3.8, 4) is 5.69 Å². The smallest absolute Gasteiger partial charge is 0.274 e. The molecule has 1 unspecified atom stereocenters. The second kappa shape index (κ2) is 9.96. The average Bonchev–Trinajstić information content (AvgIpc) is 3.38. The Bertz CT molecular complexity index is 1330. The van der Waals surface area contributed by atoms with Gasteiger partial charge in [-0.2, -0.15) is 9.40 Å². The molecule has 1 saturated heterocycles. The van der Waals surface area contributed by atoms with Crippen molar-refractivity contribution >= 4 is 21.6 Å². The second-order valence-corrected chi connectivity index (χ2v) is 10.4. The molecule has 1 aliphatic rings. The van der Waals surface area contributed by atoms with Crippen LogP contribution in [0, 0.1) is 10.1 Å². The molecule has 1 aliphatic heterocycles. The van der Waals surface area contributed by atoms with Gasteiger partial charge in [-0.3, -0.25) is 14.9 Å². The standard InChI is InChI=1S/C24H27N5O5S/c1-3-18(2)19-7-9-22(10-8-19)35(33,34)27-15-13-26(14-16-27)24(30)23-11-12-28(25-23)20-5-4-6-21(17-20)29(31)32/h4-12,17-18H,3,13-16H2,1-2H3. The van der Waals surface area contributed by atoms with Crippen LogP contribution in [0.15, 0.2) is 65.7 Å². The normalized spacial score (nSPS) is 15.7. The van der Waals surface area contributed by atoms with E-state index in [1.807, 2.05) is 12.1 Å². The maximum Gasteiger partial charge on any atom is 0.274 e. The number of carbonyl (C=O) groups excluding carboxylic acids is 1. The largest absolute Gasteiger partial charge is 0.335 e. The molecule has 0 radical (unpaired) electrons. The number of piperazine rings is 1. The van der Waals surface area contributed by atoms with Crippen molar-refractivity contribution in [2.45, 2.75) is 31.1 Å². The Morgan fingerprint density at radius 3 is 2.40 bits per heavy atom. The summed E-state index contributed by atoms with van der Waals surface area (Å²) in [5.74, 6) is 0.0472. The number of hydrogen-bond acceptors (Lipinski definition) is 6.